The molecule has 1 atom stereocenters. The number of hydrogen-bond donors (Lipinski definition) is 1. The number of hydrogen-bond acceptors (Lipinski definition) is 7. The SMILES string of the molecule is CCCc1c(OCCCOc2ccc3c(c2CCC)OC(C(=O)OC)CC3)ccc(C(=O)C(C)C)c1O. The maximum Gasteiger partial charge on any atom is 0.347 e. The first kappa shape index (κ1) is 28.4. The van der Waals surface area contributed by atoms with E-state index in [-0.39, 0.29) is 23.4 Å². The number of aryl methyl sites for hydroxylation is 1. The Labute approximate surface area is 220 Å². The largest absolute Gasteiger partial charge is 0.507 e. The number of ether oxygens (including phenoxy) is 4. The highest BCUT2D eigenvalue weighted by Gasteiger charge is 2.29. The van der Waals surface area contributed by atoms with Crippen LogP contribution in [0.3, 0.4) is 0 Å². The predicted octanol–water partition coefficient (Wildman–Crippen LogP) is 5.85. The lowest BCUT2D eigenvalue weighted by Gasteiger charge is -2.27. The van der Waals surface area contributed by atoms with Gasteiger partial charge in [-0.15, -0.1) is 0 Å². The number of benzene rings is 2. The van der Waals surface area contributed by atoms with Crippen molar-refractivity contribution in [3.63, 3.8) is 0 Å². The zero-order valence-corrected chi connectivity index (χ0v) is 22.7. The molecular formula is C30H40O7. The Morgan fingerprint density at radius 2 is 1.62 bits per heavy atom. The molecule has 0 aromatic heterocycles. The van der Waals surface area contributed by atoms with E-state index in [0.717, 1.165) is 48.3 Å². The number of phenolic OH excluding ortho intramolecular Hbond substituents is 1. The summed E-state index contributed by atoms with van der Waals surface area (Å²) in [5.41, 5.74) is 3.09. The lowest BCUT2D eigenvalue weighted by molar-refractivity contribution is -0.149. The first-order valence-electron chi connectivity index (χ1n) is 13.4. The van der Waals surface area contributed by atoms with Gasteiger partial charge in [-0.2, -0.15) is 0 Å². The molecule has 2 aromatic carbocycles. The third-order valence-electron chi connectivity index (χ3n) is 6.53. The van der Waals surface area contributed by atoms with Gasteiger partial charge >= 0.3 is 5.97 Å². The molecule has 7 nitrogen and oxygen atoms in total. The zero-order chi connectivity index (χ0) is 26.9. The summed E-state index contributed by atoms with van der Waals surface area (Å²) in [6.07, 6.45) is 4.55. The smallest absolute Gasteiger partial charge is 0.347 e. The van der Waals surface area contributed by atoms with E-state index in [1.165, 1.54) is 7.11 Å². The highest BCUT2D eigenvalue weighted by atomic mass is 16.6. The van der Waals surface area contributed by atoms with E-state index in [1.54, 1.807) is 12.1 Å². The number of fused-ring (bicyclic) bond motifs is 1. The molecule has 0 aliphatic carbocycles. The molecule has 1 aliphatic rings. The second-order valence-electron chi connectivity index (χ2n) is 9.71. The van der Waals surface area contributed by atoms with E-state index in [1.807, 2.05) is 32.9 Å². The molecule has 7 heteroatoms. The molecule has 0 saturated carbocycles. The van der Waals surface area contributed by atoms with Gasteiger partial charge in [-0.1, -0.05) is 46.6 Å². The minimum atomic E-state index is -0.590. The van der Waals surface area contributed by atoms with Crippen molar-refractivity contribution in [2.45, 2.75) is 78.7 Å². The summed E-state index contributed by atoms with van der Waals surface area (Å²) < 4.78 is 23.1. The van der Waals surface area contributed by atoms with Crippen LogP contribution in [0.25, 0.3) is 0 Å². The Morgan fingerprint density at radius 1 is 1.00 bits per heavy atom. The van der Waals surface area contributed by atoms with Crippen molar-refractivity contribution in [3.8, 4) is 23.0 Å². The Hall–Kier alpha value is -3.22. The van der Waals surface area contributed by atoms with Gasteiger partial charge in [-0.25, -0.2) is 4.79 Å². The molecule has 2 aromatic rings. The van der Waals surface area contributed by atoms with Gasteiger partial charge in [0.05, 0.1) is 25.9 Å². The summed E-state index contributed by atoms with van der Waals surface area (Å²) in [4.78, 5) is 24.5. The van der Waals surface area contributed by atoms with E-state index in [4.69, 9.17) is 18.9 Å². The second-order valence-corrected chi connectivity index (χ2v) is 9.71. The van der Waals surface area contributed by atoms with Crippen LogP contribution in [0.5, 0.6) is 23.0 Å². The van der Waals surface area contributed by atoms with Crippen LogP contribution in [0.15, 0.2) is 24.3 Å². The summed E-state index contributed by atoms with van der Waals surface area (Å²) >= 11 is 0. The molecule has 202 valence electrons. The molecule has 0 spiro atoms. The number of phenols is 1. The predicted molar refractivity (Wildman–Crippen MR) is 142 cm³/mol. The van der Waals surface area contributed by atoms with Crippen molar-refractivity contribution in [2.24, 2.45) is 5.92 Å². The van der Waals surface area contributed by atoms with Crippen LogP contribution in [0.4, 0.5) is 0 Å². The number of aromatic hydroxyl groups is 1. The molecule has 1 N–H and O–H groups in total. The van der Waals surface area contributed by atoms with Crippen molar-refractivity contribution >= 4 is 11.8 Å². The molecule has 0 saturated heterocycles. The monoisotopic (exact) mass is 512 g/mol. The summed E-state index contributed by atoms with van der Waals surface area (Å²) in [7, 11) is 1.38. The summed E-state index contributed by atoms with van der Waals surface area (Å²) in [5.74, 6) is 1.50. The van der Waals surface area contributed by atoms with Crippen LogP contribution in [-0.2, 0) is 28.8 Å². The zero-order valence-electron chi connectivity index (χ0n) is 22.7. The second kappa shape index (κ2) is 13.4. The number of carbonyl (C=O) groups is 2. The van der Waals surface area contributed by atoms with Crippen LogP contribution >= 0.6 is 0 Å². The van der Waals surface area contributed by atoms with Gasteiger partial charge in [0.1, 0.15) is 23.0 Å². The Kier molecular flexibility index (Phi) is 10.2. The van der Waals surface area contributed by atoms with Gasteiger partial charge in [0.15, 0.2) is 11.9 Å². The van der Waals surface area contributed by atoms with Gasteiger partial charge in [0.2, 0.25) is 0 Å². The molecular weight excluding hydrogens is 472 g/mol. The highest BCUT2D eigenvalue weighted by Crippen LogP contribution is 2.38. The quantitative estimate of drug-likeness (QED) is 0.204. The number of ketones is 1. The first-order chi connectivity index (χ1) is 17.8. The van der Waals surface area contributed by atoms with Crippen molar-refractivity contribution in [1.29, 1.82) is 0 Å². The van der Waals surface area contributed by atoms with Crippen LogP contribution in [-0.4, -0.2) is 43.3 Å². The lowest BCUT2D eigenvalue weighted by atomic mass is 9.96. The summed E-state index contributed by atoms with van der Waals surface area (Å²) in [6.45, 7) is 8.61. The molecule has 37 heavy (non-hydrogen) atoms. The highest BCUT2D eigenvalue weighted by molar-refractivity contribution is 6.00. The van der Waals surface area contributed by atoms with Crippen LogP contribution in [0.1, 0.15) is 80.4 Å². The van der Waals surface area contributed by atoms with E-state index in [9.17, 15) is 14.7 Å². The minimum Gasteiger partial charge on any atom is -0.507 e. The van der Waals surface area contributed by atoms with Crippen molar-refractivity contribution in [3.05, 3.63) is 46.5 Å². The average molecular weight is 513 g/mol. The molecule has 1 unspecified atom stereocenters. The van der Waals surface area contributed by atoms with Crippen molar-refractivity contribution < 1.29 is 33.6 Å². The Bertz CT molecular complexity index is 1090. The fourth-order valence-corrected chi connectivity index (χ4v) is 4.59. The normalized spacial score (nSPS) is 14.6. The van der Waals surface area contributed by atoms with E-state index in [0.29, 0.717) is 49.4 Å². The third kappa shape index (κ3) is 6.76. The van der Waals surface area contributed by atoms with Crippen molar-refractivity contribution in [2.75, 3.05) is 20.3 Å². The van der Waals surface area contributed by atoms with Gasteiger partial charge in [0, 0.05) is 23.5 Å². The molecule has 1 aliphatic heterocycles. The van der Waals surface area contributed by atoms with E-state index >= 15 is 0 Å². The Morgan fingerprint density at radius 3 is 2.24 bits per heavy atom. The number of carbonyl (C=O) groups excluding carboxylic acids is 2. The standard InChI is InChI=1S/C30H40O7/c1-6-9-21-24(16-13-23(28(21)32)27(31)19(3)4)35-17-8-18-36-25-14-11-20-12-15-26(30(33)34-5)37-29(20)22(25)10-7-2/h11,13-14,16,19,26,32H,6-10,12,15,17-18H2,1-5H3. The van der Waals surface area contributed by atoms with Gasteiger partial charge in [0.25, 0.3) is 0 Å². The van der Waals surface area contributed by atoms with Crippen molar-refractivity contribution in [1.82, 2.24) is 0 Å². The number of methoxy groups -OCH3 is 1. The third-order valence-corrected chi connectivity index (χ3v) is 6.53. The van der Waals surface area contributed by atoms with Gasteiger partial charge in [-0.3, -0.25) is 4.79 Å². The average Bonchev–Trinajstić information content (AvgIpc) is 2.90. The molecule has 1 heterocycles. The maximum absolute atomic E-state index is 12.4. The van der Waals surface area contributed by atoms with E-state index in [2.05, 4.69) is 6.92 Å². The first-order valence-corrected chi connectivity index (χ1v) is 13.4. The summed E-state index contributed by atoms with van der Waals surface area (Å²) in [5, 5.41) is 10.8. The minimum absolute atomic E-state index is 0.0258. The van der Waals surface area contributed by atoms with Crippen LogP contribution in [0, 0.1) is 5.92 Å². The van der Waals surface area contributed by atoms with Crippen LogP contribution < -0.4 is 14.2 Å². The fourth-order valence-electron chi connectivity index (χ4n) is 4.59. The Balaban J connectivity index is 1.65. The molecule has 3 rings (SSSR count). The number of rotatable bonds is 13. The van der Waals surface area contributed by atoms with Gasteiger partial charge in [-0.05, 0) is 49.4 Å². The maximum atomic E-state index is 12.4. The topological polar surface area (TPSA) is 91.3 Å². The fraction of sp³-hybridized carbons (Fsp3) is 0.533. The molecule has 0 amide bonds. The molecule has 0 radical (unpaired) electrons. The van der Waals surface area contributed by atoms with E-state index < -0.39 is 6.10 Å². The molecule has 0 fully saturated rings. The summed E-state index contributed by atoms with van der Waals surface area (Å²) in [6, 6.07) is 7.41. The van der Waals surface area contributed by atoms with Crippen LogP contribution in [0.2, 0.25) is 0 Å². The lowest BCUT2D eigenvalue weighted by Crippen LogP contribution is -2.32. The number of Topliss-reactive ketones (excluding diaryl/α,β-unsaturated/α-hetero) is 1. The molecule has 0 bridgehead atoms. The number of esters is 1. The van der Waals surface area contributed by atoms with Gasteiger partial charge < -0.3 is 24.1 Å².